The number of hydrogen-bond acceptors (Lipinski definition) is 3. The van der Waals surface area contributed by atoms with Crippen LogP contribution in [0.25, 0.3) is 0 Å². The van der Waals surface area contributed by atoms with E-state index >= 15 is 0 Å². The molecule has 2 aromatic rings. The molecule has 1 aliphatic heterocycles. The largest absolute Gasteiger partial charge is 0.489 e. The maximum atomic E-state index is 13.1. The van der Waals surface area contributed by atoms with Gasteiger partial charge in [-0.3, -0.25) is 4.79 Å². The van der Waals surface area contributed by atoms with Crippen molar-refractivity contribution in [2.24, 2.45) is 0 Å². The summed E-state index contributed by atoms with van der Waals surface area (Å²) in [7, 11) is 0. The number of piperidine rings is 1. The summed E-state index contributed by atoms with van der Waals surface area (Å²) in [5, 5.41) is 10.2. The molecule has 1 saturated heterocycles. The summed E-state index contributed by atoms with van der Waals surface area (Å²) in [5.74, 6) is -1.06. The molecule has 0 radical (unpaired) electrons. The Bertz CT molecular complexity index is 853. The number of hydrogen-bond donors (Lipinski definition) is 1. The van der Waals surface area contributed by atoms with Crippen LogP contribution in [0.1, 0.15) is 48.5 Å². The van der Waals surface area contributed by atoms with Crippen LogP contribution >= 0.6 is 11.6 Å². The van der Waals surface area contributed by atoms with Gasteiger partial charge in [-0.1, -0.05) is 41.9 Å². The van der Waals surface area contributed by atoms with Gasteiger partial charge < -0.3 is 14.7 Å². The van der Waals surface area contributed by atoms with Crippen molar-refractivity contribution in [1.82, 2.24) is 4.90 Å². The van der Waals surface area contributed by atoms with Crippen molar-refractivity contribution in [1.29, 1.82) is 0 Å². The van der Waals surface area contributed by atoms with Gasteiger partial charge in [-0.2, -0.15) is 0 Å². The maximum absolute atomic E-state index is 13.1. The molecule has 0 bridgehead atoms. The van der Waals surface area contributed by atoms with Crippen molar-refractivity contribution in [2.45, 2.75) is 44.8 Å². The second-order valence-electron chi connectivity index (χ2n) is 7.25. The van der Waals surface area contributed by atoms with Gasteiger partial charge in [0.05, 0.1) is 11.1 Å². The predicted octanol–water partition coefficient (Wildman–Crippen LogP) is 4.60. The van der Waals surface area contributed by atoms with Gasteiger partial charge in [0, 0.05) is 18.0 Å². The Balaban J connectivity index is 1.89. The molecule has 1 heterocycles. The highest BCUT2D eigenvalue weighted by Crippen LogP contribution is 2.34. The number of carbonyl (C=O) groups excluding carboxylic acids is 1. The van der Waals surface area contributed by atoms with E-state index in [0.717, 1.165) is 18.4 Å². The van der Waals surface area contributed by atoms with Crippen molar-refractivity contribution in [3.05, 3.63) is 64.7 Å². The lowest BCUT2D eigenvalue weighted by molar-refractivity contribution is -0.144. The number of amides is 1. The first-order chi connectivity index (χ1) is 13.4. The van der Waals surface area contributed by atoms with Crippen LogP contribution in [-0.4, -0.2) is 40.6 Å². The lowest BCUT2D eigenvalue weighted by atomic mass is 9.83. The highest BCUT2D eigenvalue weighted by atomic mass is 35.5. The maximum Gasteiger partial charge on any atom is 0.327 e. The van der Waals surface area contributed by atoms with E-state index in [9.17, 15) is 14.7 Å². The van der Waals surface area contributed by atoms with Crippen molar-refractivity contribution < 1.29 is 19.4 Å². The van der Waals surface area contributed by atoms with Gasteiger partial charge in [-0.25, -0.2) is 4.79 Å². The molecule has 0 aliphatic carbocycles. The van der Waals surface area contributed by atoms with E-state index in [0.29, 0.717) is 22.9 Å². The quantitative estimate of drug-likeness (QED) is 0.795. The summed E-state index contributed by atoms with van der Waals surface area (Å²) in [6.45, 7) is 4.19. The van der Waals surface area contributed by atoms with Gasteiger partial charge in [-0.15, -0.1) is 0 Å². The van der Waals surface area contributed by atoms with E-state index in [-0.39, 0.29) is 17.9 Å². The number of carboxylic acid groups (broad SMARTS) is 1. The van der Waals surface area contributed by atoms with Gasteiger partial charge in [0.2, 0.25) is 0 Å². The molecule has 0 spiro atoms. The molecule has 1 amide bonds. The van der Waals surface area contributed by atoms with Crippen LogP contribution in [0.5, 0.6) is 5.75 Å². The molecule has 148 valence electrons. The van der Waals surface area contributed by atoms with Crippen LogP contribution in [0.3, 0.4) is 0 Å². The third kappa shape index (κ3) is 4.30. The Kier molecular flexibility index (Phi) is 6.25. The molecule has 1 aliphatic rings. The fourth-order valence-corrected chi connectivity index (χ4v) is 3.95. The average molecular weight is 402 g/mol. The SMILES string of the molecule is CC(C)Oc1ccc(C(=O)N2CCCC(c3ccccc3)C2C(=O)O)cc1Cl. The molecular formula is C22H24ClNO4. The van der Waals surface area contributed by atoms with Crippen molar-refractivity contribution in [3.63, 3.8) is 0 Å². The molecule has 5 nitrogen and oxygen atoms in total. The summed E-state index contributed by atoms with van der Waals surface area (Å²) < 4.78 is 5.61. The standard InChI is InChI=1S/C22H24ClNO4/c1-14(2)28-19-11-10-16(13-18(19)23)21(25)24-12-6-9-17(20(24)22(26)27)15-7-4-3-5-8-15/h3-5,7-8,10-11,13-14,17,20H,6,9,12H2,1-2H3,(H,26,27). The van der Waals surface area contributed by atoms with Crippen LogP contribution in [-0.2, 0) is 4.79 Å². The van der Waals surface area contributed by atoms with Crippen LogP contribution in [0.2, 0.25) is 5.02 Å². The monoisotopic (exact) mass is 401 g/mol. The van der Waals surface area contributed by atoms with E-state index in [4.69, 9.17) is 16.3 Å². The van der Waals surface area contributed by atoms with E-state index in [1.54, 1.807) is 18.2 Å². The van der Waals surface area contributed by atoms with Gasteiger partial charge in [0.15, 0.2) is 0 Å². The normalized spacial score (nSPS) is 19.5. The van der Waals surface area contributed by atoms with Crippen LogP contribution in [0, 0.1) is 0 Å². The third-order valence-electron chi connectivity index (χ3n) is 4.91. The summed E-state index contributed by atoms with van der Waals surface area (Å²) in [6, 6.07) is 13.5. The first-order valence-corrected chi connectivity index (χ1v) is 9.81. The minimum Gasteiger partial charge on any atom is -0.489 e. The number of likely N-dealkylation sites (tertiary alicyclic amines) is 1. The molecule has 0 aromatic heterocycles. The highest BCUT2D eigenvalue weighted by molar-refractivity contribution is 6.32. The Hall–Kier alpha value is -2.53. The topological polar surface area (TPSA) is 66.8 Å². The second kappa shape index (κ2) is 8.65. The van der Waals surface area contributed by atoms with Crippen LogP contribution < -0.4 is 4.74 Å². The molecule has 28 heavy (non-hydrogen) atoms. The predicted molar refractivity (Wildman–Crippen MR) is 108 cm³/mol. The first kappa shape index (κ1) is 20.2. The number of nitrogens with zero attached hydrogens (tertiary/aromatic N) is 1. The summed E-state index contributed by atoms with van der Waals surface area (Å²) in [5.41, 5.74) is 1.30. The smallest absolute Gasteiger partial charge is 0.327 e. The van der Waals surface area contributed by atoms with Crippen molar-refractivity contribution in [3.8, 4) is 5.75 Å². The van der Waals surface area contributed by atoms with Gasteiger partial charge in [0.25, 0.3) is 5.91 Å². The molecule has 2 unspecified atom stereocenters. The molecule has 1 fully saturated rings. The summed E-state index contributed by atoms with van der Waals surface area (Å²) in [6.07, 6.45) is 1.44. The van der Waals surface area contributed by atoms with E-state index in [2.05, 4.69) is 0 Å². The molecular weight excluding hydrogens is 378 g/mol. The van der Waals surface area contributed by atoms with Crippen LogP contribution in [0.4, 0.5) is 0 Å². The lowest BCUT2D eigenvalue weighted by Crippen LogP contribution is -2.51. The Morgan fingerprint density at radius 3 is 2.50 bits per heavy atom. The van der Waals surface area contributed by atoms with Crippen LogP contribution in [0.15, 0.2) is 48.5 Å². The number of rotatable bonds is 5. The molecule has 1 N–H and O–H groups in total. The zero-order chi connectivity index (χ0) is 20.3. The van der Waals surface area contributed by atoms with Gasteiger partial charge in [0.1, 0.15) is 11.8 Å². The third-order valence-corrected chi connectivity index (χ3v) is 5.21. The second-order valence-corrected chi connectivity index (χ2v) is 7.66. The summed E-state index contributed by atoms with van der Waals surface area (Å²) in [4.78, 5) is 26.7. The van der Waals surface area contributed by atoms with E-state index in [1.807, 2.05) is 44.2 Å². The van der Waals surface area contributed by atoms with Gasteiger partial charge in [-0.05, 0) is 50.5 Å². The van der Waals surface area contributed by atoms with E-state index in [1.165, 1.54) is 4.90 Å². The van der Waals surface area contributed by atoms with Crippen molar-refractivity contribution in [2.75, 3.05) is 6.54 Å². The van der Waals surface area contributed by atoms with Crippen molar-refractivity contribution >= 4 is 23.5 Å². The zero-order valence-electron chi connectivity index (χ0n) is 16.0. The summed E-state index contributed by atoms with van der Waals surface area (Å²) >= 11 is 6.27. The Morgan fingerprint density at radius 2 is 1.89 bits per heavy atom. The average Bonchev–Trinajstić information content (AvgIpc) is 2.68. The molecule has 2 aromatic carbocycles. The number of halogens is 1. The number of benzene rings is 2. The Labute approximate surface area is 169 Å². The fourth-order valence-electron chi connectivity index (χ4n) is 3.73. The zero-order valence-corrected chi connectivity index (χ0v) is 16.7. The highest BCUT2D eigenvalue weighted by Gasteiger charge is 2.40. The number of carboxylic acids is 1. The fraction of sp³-hybridized carbons (Fsp3) is 0.364. The molecule has 2 atom stereocenters. The number of ether oxygens (including phenoxy) is 1. The molecule has 6 heteroatoms. The minimum absolute atomic E-state index is 0.0378. The van der Waals surface area contributed by atoms with Gasteiger partial charge >= 0.3 is 5.97 Å². The van der Waals surface area contributed by atoms with E-state index < -0.39 is 12.0 Å². The molecule has 3 rings (SSSR count). The number of carbonyl (C=O) groups is 2. The molecule has 0 saturated carbocycles. The minimum atomic E-state index is -0.993. The first-order valence-electron chi connectivity index (χ1n) is 9.43. The lowest BCUT2D eigenvalue weighted by Gasteiger charge is -2.39. The Morgan fingerprint density at radius 1 is 1.18 bits per heavy atom. The number of aliphatic carboxylic acids is 1.